The molecular formula is C13H15F3N6O4. The van der Waals surface area contributed by atoms with Crippen LogP contribution < -0.4 is 5.32 Å². The van der Waals surface area contributed by atoms with Crippen LogP contribution in [0.1, 0.15) is 12.1 Å². The zero-order chi connectivity index (χ0) is 19.3. The van der Waals surface area contributed by atoms with Crippen LogP contribution in [0.3, 0.4) is 0 Å². The number of carbonyl (C=O) groups is 1. The number of aromatic nitrogens is 4. The fraction of sp³-hybridized carbons (Fsp3) is 0.462. The van der Waals surface area contributed by atoms with E-state index < -0.39 is 30.3 Å². The molecule has 0 aromatic carbocycles. The van der Waals surface area contributed by atoms with Crippen LogP contribution in [0, 0.1) is 17.0 Å². The number of anilines is 1. The molecule has 1 amide bonds. The smallest absolute Gasteiger partial charge is 0.350 e. The van der Waals surface area contributed by atoms with Crippen LogP contribution in [0.5, 0.6) is 0 Å². The zero-order valence-electron chi connectivity index (χ0n) is 13.6. The average molecular weight is 376 g/mol. The lowest BCUT2D eigenvalue weighted by molar-refractivity contribution is -0.385. The van der Waals surface area contributed by atoms with Crippen LogP contribution >= 0.6 is 0 Å². The monoisotopic (exact) mass is 376 g/mol. The van der Waals surface area contributed by atoms with Gasteiger partial charge in [0, 0.05) is 6.42 Å². The van der Waals surface area contributed by atoms with Gasteiger partial charge in [-0.3, -0.25) is 19.6 Å². The van der Waals surface area contributed by atoms with Gasteiger partial charge in [-0.1, -0.05) is 0 Å². The molecule has 2 rings (SSSR count). The van der Waals surface area contributed by atoms with Crippen molar-refractivity contribution in [2.75, 3.05) is 11.9 Å². The van der Waals surface area contributed by atoms with Gasteiger partial charge in [-0.25, -0.2) is 4.68 Å². The summed E-state index contributed by atoms with van der Waals surface area (Å²) in [5.41, 5.74) is 0.483. The summed E-state index contributed by atoms with van der Waals surface area (Å²) in [6.45, 7) is -0.155. The summed E-state index contributed by atoms with van der Waals surface area (Å²) >= 11 is 0. The Morgan fingerprint density at radius 2 is 2.12 bits per heavy atom. The van der Waals surface area contributed by atoms with Crippen molar-refractivity contribution in [3.63, 3.8) is 0 Å². The highest BCUT2D eigenvalue weighted by Crippen LogP contribution is 2.17. The van der Waals surface area contributed by atoms with Crippen LogP contribution in [0.2, 0.25) is 0 Å². The van der Waals surface area contributed by atoms with E-state index in [1.54, 1.807) is 0 Å². The Morgan fingerprint density at radius 3 is 2.73 bits per heavy atom. The number of rotatable bonds is 8. The van der Waals surface area contributed by atoms with Gasteiger partial charge >= 0.3 is 11.9 Å². The van der Waals surface area contributed by atoms with Crippen molar-refractivity contribution in [2.24, 2.45) is 0 Å². The van der Waals surface area contributed by atoms with E-state index in [0.717, 1.165) is 10.9 Å². The maximum absolute atomic E-state index is 12.0. The molecular weight excluding hydrogens is 361 g/mol. The van der Waals surface area contributed by atoms with E-state index in [-0.39, 0.29) is 24.3 Å². The third kappa shape index (κ3) is 5.54. The molecule has 2 aromatic rings. The molecule has 1 N–H and O–H groups in total. The molecule has 2 heterocycles. The van der Waals surface area contributed by atoms with Crippen LogP contribution in [-0.4, -0.2) is 43.2 Å². The molecule has 0 spiro atoms. The number of carbonyl (C=O) groups excluding carboxylic acids is 1. The van der Waals surface area contributed by atoms with Crippen molar-refractivity contribution in [3.05, 3.63) is 34.4 Å². The average Bonchev–Trinajstić information content (AvgIpc) is 3.11. The molecule has 0 unspecified atom stereocenters. The van der Waals surface area contributed by atoms with Crippen LogP contribution in [0.25, 0.3) is 0 Å². The van der Waals surface area contributed by atoms with E-state index >= 15 is 0 Å². The van der Waals surface area contributed by atoms with Gasteiger partial charge in [-0.15, -0.1) is 0 Å². The molecule has 0 fully saturated rings. The summed E-state index contributed by atoms with van der Waals surface area (Å²) in [5.74, 6) is -0.404. The Kier molecular flexibility index (Phi) is 5.92. The highest BCUT2D eigenvalue weighted by molar-refractivity contribution is 5.90. The van der Waals surface area contributed by atoms with Crippen molar-refractivity contribution in [2.45, 2.75) is 32.8 Å². The van der Waals surface area contributed by atoms with Gasteiger partial charge in [0.15, 0.2) is 0 Å². The molecule has 0 atom stereocenters. The molecule has 0 bridgehead atoms. The fourth-order valence-electron chi connectivity index (χ4n) is 2.03. The number of nitro groups is 1. The number of nitrogens with one attached hydrogen (secondary N) is 1. The minimum absolute atomic E-state index is 0.00454. The molecule has 0 aliphatic rings. The maximum atomic E-state index is 12.0. The van der Waals surface area contributed by atoms with Crippen LogP contribution in [0.15, 0.2) is 18.6 Å². The second kappa shape index (κ2) is 7.95. The van der Waals surface area contributed by atoms with Crippen molar-refractivity contribution in [1.29, 1.82) is 0 Å². The third-order valence-corrected chi connectivity index (χ3v) is 3.23. The highest BCUT2D eigenvalue weighted by atomic mass is 19.4. The molecule has 0 aliphatic carbocycles. The molecule has 2 aromatic heterocycles. The number of amides is 1. The standard InChI is InChI=1S/C13H15F3N6O4/c1-9-11(22(24)25)5-18-21(9)3-2-12(23)19-10-4-17-20(6-10)8-26-7-13(14,15)16/h4-6H,2-3,7-8H2,1H3,(H,19,23). The summed E-state index contributed by atoms with van der Waals surface area (Å²) in [7, 11) is 0. The molecule has 26 heavy (non-hydrogen) atoms. The van der Waals surface area contributed by atoms with Gasteiger partial charge < -0.3 is 10.1 Å². The first-order valence-corrected chi connectivity index (χ1v) is 7.29. The second-order valence-corrected chi connectivity index (χ2v) is 5.25. The van der Waals surface area contributed by atoms with Gasteiger partial charge in [0.2, 0.25) is 5.91 Å². The van der Waals surface area contributed by atoms with Crippen molar-refractivity contribution >= 4 is 17.3 Å². The number of nitrogens with zero attached hydrogens (tertiary/aromatic N) is 5. The maximum Gasteiger partial charge on any atom is 0.411 e. The lowest BCUT2D eigenvalue weighted by atomic mass is 10.3. The first kappa shape index (κ1) is 19.4. The lowest BCUT2D eigenvalue weighted by Gasteiger charge is -2.07. The van der Waals surface area contributed by atoms with E-state index in [1.807, 2.05) is 0 Å². The van der Waals surface area contributed by atoms with E-state index in [4.69, 9.17) is 0 Å². The normalized spacial score (nSPS) is 11.5. The molecule has 0 aliphatic heterocycles. The first-order chi connectivity index (χ1) is 12.2. The molecule has 13 heteroatoms. The van der Waals surface area contributed by atoms with Crippen molar-refractivity contribution < 1.29 is 27.6 Å². The van der Waals surface area contributed by atoms with E-state index in [0.29, 0.717) is 5.69 Å². The molecule has 142 valence electrons. The van der Waals surface area contributed by atoms with Gasteiger partial charge in [0.25, 0.3) is 0 Å². The summed E-state index contributed by atoms with van der Waals surface area (Å²) in [6, 6.07) is 0. The second-order valence-electron chi connectivity index (χ2n) is 5.25. The van der Waals surface area contributed by atoms with Gasteiger partial charge in [-0.2, -0.15) is 23.4 Å². The highest BCUT2D eigenvalue weighted by Gasteiger charge is 2.27. The van der Waals surface area contributed by atoms with Crippen molar-refractivity contribution in [3.8, 4) is 0 Å². The number of hydrogen-bond acceptors (Lipinski definition) is 6. The molecule has 10 nitrogen and oxygen atoms in total. The summed E-state index contributed by atoms with van der Waals surface area (Å²) in [4.78, 5) is 22.1. The number of halogens is 3. The third-order valence-electron chi connectivity index (χ3n) is 3.23. The van der Waals surface area contributed by atoms with E-state index in [1.165, 1.54) is 24.0 Å². The Balaban J connectivity index is 1.80. The lowest BCUT2D eigenvalue weighted by Crippen LogP contribution is -2.18. The first-order valence-electron chi connectivity index (χ1n) is 7.29. The van der Waals surface area contributed by atoms with Crippen molar-refractivity contribution in [1.82, 2.24) is 19.6 Å². The molecule has 0 saturated carbocycles. The molecule has 0 saturated heterocycles. The van der Waals surface area contributed by atoms with Gasteiger partial charge in [0.05, 0.1) is 29.5 Å². The Labute approximate surface area is 144 Å². The van der Waals surface area contributed by atoms with Gasteiger partial charge in [-0.05, 0) is 6.92 Å². The summed E-state index contributed by atoms with van der Waals surface area (Å²) < 4.78 is 42.8. The summed E-state index contributed by atoms with van der Waals surface area (Å²) in [6.07, 6.45) is -0.741. The quantitative estimate of drug-likeness (QED) is 0.555. The SMILES string of the molecule is Cc1c([N+](=O)[O-])cnn1CCC(=O)Nc1cnn(COCC(F)(F)F)c1. The number of ether oxygens (including phenoxy) is 1. The number of aryl methyl sites for hydroxylation is 1. The summed E-state index contributed by atoms with van der Waals surface area (Å²) in [5, 5.41) is 20.9. The zero-order valence-corrected chi connectivity index (χ0v) is 13.6. The fourth-order valence-corrected chi connectivity index (χ4v) is 2.03. The molecule has 0 radical (unpaired) electrons. The van der Waals surface area contributed by atoms with E-state index in [2.05, 4.69) is 20.3 Å². The minimum atomic E-state index is -4.43. The predicted octanol–water partition coefficient (Wildman–Crippen LogP) is 1.86. The topological polar surface area (TPSA) is 117 Å². The van der Waals surface area contributed by atoms with E-state index in [9.17, 15) is 28.1 Å². The Bertz CT molecular complexity index is 785. The largest absolute Gasteiger partial charge is 0.411 e. The minimum Gasteiger partial charge on any atom is -0.350 e. The Hall–Kier alpha value is -2.96. The predicted molar refractivity (Wildman–Crippen MR) is 81.1 cm³/mol. The number of alkyl halides is 3. The number of hydrogen-bond donors (Lipinski definition) is 1. The Morgan fingerprint density at radius 1 is 1.38 bits per heavy atom. The van der Waals surface area contributed by atoms with Crippen LogP contribution in [0.4, 0.5) is 24.5 Å². The van der Waals surface area contributed by atoms with Gasteiger partial charge in [0.1, 0.15) is 25.2 Å². The van der Waals surface area contributed by atoms with Crippen LogP contribution in [-0.2, 0) is 22.8 Å².